The molecular weight excluding hydrogens is 189 g/mol. The van der Waals surface area contributed by atoms with Gasteiger partial charge in [0, 0.05) is 13.1 Å². The molecule has 1 N–H and O–H groups in total. The molecule has 1 aliphatic rings. The van der Waals surface area contributed by atoms with E-state index in [-0.39, 0.29) is 5.41 Å². The highest BCUT2D eigenvalue weighted by atomic mass is 19.1. The van der Waals surface area contributed by atoms with Crippen LogP contribution >= 0.6 is 0 Å². The van der Waals surface area contributed by atoms with Crippen molar-refractivity contribution >= 4 is 0 Å². The van der Waals surface area contributed by atoms with E-state index in [0.717, 1.165) is 5.56 Å². The van der Waals surface area contributed by atoms with Crippen molar-refractivity contribution < 1.29 is 4.39 Å². The molecule has 1 heterocycles. The third-order valence-electron chi connectivity index (χ3n) is 3.08. The van der Waals surface area contributed by atoms with Crippen LogP contribution in [-0.2, 0) is 11.1 Å². The molecule has 0 radical (unpaired) electrons. The summed E-state index contributed by atoms with van der Waals surface area (Å²) in [6.45, 7) is 7.39. The maximum absolute atomic E-state index is 14.0. The number of alkyl halides is 1. The molecule has 82 valence electrons. The molecule has 1 fully saturated rings. The molecule has 1 aromatic rings. The lowest BCUT2D eigenvalue weighted by Crippen LogP contribution is -2.53. The summed E-state index contributed by atoms with van der Waals surface area (Å²) < 4.78 is 14.0. The van der Waals surface area contributed by atoms with Gasteiger partial charge in [-0.25, -0.2) is 4.39 Å². The van der Waals surface area contributed by atoms with Gasteiger partial charge in [-0.1, -0.05) is 45.0 Å². The molecule has 0 spiro atoms. The highest BCUT2D eigenvalue weighted by Gasteiger charge is 2.38. The minimum absolute atomic E-state index is 0.139. The van der Waals surface area contributed by atoms with E-state index in [1.165, 1.54) is 5.56 Å². The van der Waals surface area contributed by atoms with Crippen molar-refractivity contribution in [3.05, 3.63) is 35.4 Å². The summed E-state index contributed by atoms with van der Waals surface area (Å²) in [4.78, 5) is 0. The quantitative estimate of drug-likeness (QED) is 0.746. The molecule has 15 heavy (non-hydrogen) atoms. The number of nitrogens with one attached hydrogen (secondary N) is 1. The summed E-state index contributed by atoms with van der Waals surface area (Å²) in [5.41, 5.74) is 1.06. The zero-order valence-electron chi connectivity index (χ0n) is 9.60. The molecule has 1 aromatic carbocycles. The molecule has 0 saturated carbocycles. The summed E-state index contributed by atoms with van der Waals surface area (Å²) in [5.74, 6) is 0. The van der Waals surface area contributed by atoms with Crippen molar-refractivity contribution in [2.45, 2.75) is 31.9 Å². The second kappa shape index (κ2) is 3.31. The molecule has 0 atom stereocenters. The Morgan fingerprint density at radius 1 is 1.13 bits per heavy atom. The number of rotatable bonds is 1. The van der Waals surface area contributed by atoms with Crippen LogP contribution in [0.4, 0.5) is 4.39 Å². The summed E-state index contributed by atoms with van der Waals surface area (Å²) >= 11 is 0. The van der Waals surface area contributed by atoms with Crippen molar-refractivity contribution in [2.24, 2.45) is 0 Å². The summed E-state index contributed by atoms with van der Waals surface area (Å²) in [5, 5.41) is 2.97. The van der Waals surface area contributed by atoms with E-state index in [1.807, 2.05) is 24.3 Å². The first-order chi connectivity index (χ1) is 6.92. The van der Waals surface area contributed by atoms with E-state index in [4.69, 9.17) is 0 Å². The van der Waals surface area contributed by atoms with Crippen LogP contribution in [0.1, 0.15) is 31.9 Å². The van der Waals surface area contributed by atoms with Gasteiger partial charge in [0.25, 0.3) is 0 Å². The molecule has 0 amide bonds. The summed E-state index contributed by atoms with van der Waals surface area (Å²) in [6.07, 6.45) is 0. The van der Waals surface area contributed by atoms with Crippen LogP contribution < -0.4 is 5.32 Å². The Kier molecular flexibility index (Phi) is 2.34. The molecule has 0 unspecified atom stereocenters. The first-order valence-corrected chi connectivity index (χ1v) is 5.42. The second-order valence-electron chi connectivity index (χ2n) is 5.40. The number of halogens is 1. The van der Waals surface area contributed by atoms with Gasteiger partial charge in [0.05, 0.1) is 0 Å². The van der Waals surface area contributed by atoms with Crippen LogP contribution in [0.3, 0.4) is 0 Å². The molecule has 2 rings (SSSR count). The van der Waals surface area contributed by atoms with Crippen molar-refractivity contribution in [3.8, 4) is 0 Å². The predicted octanol–water partition coefficient (Wildman–Crippen LogP) is 2.75. The van der Waals surface area contributed by atoms with E-state index in [2.05, 4.69) is 26.1 Å². The van der Waals surface area contributed by atoms with Gasteiger partial charge in [0.2, 0.25) is 0 Å². The van der Waals surface area contributed by atoms with Gasteiger partial charge in [-0.05, 0) is 16.5 Å². The lowest BCUT2D eigenvalue weighted by molar-refractivity contribution is 0.0891. The molecule has 0 bridgehead atoms. The predicted molar refractivity (Wildman–Crippen MR) is 60.8 cm³/mol. The van der Waals surface area contributed by atoms with Crippen molar-refractivity contribution in [2.75, 3.05) is 13.1 Å². The maximum atomic E-state index is 14.0. The lowest BCUT2D eigenvalue weighted by Gasteiger charge is -2.35. The van der Waals surface area contributed by atoms with Crippen LogP contribution in [0.15, 0.2) is 24.3 Å². The normalized spacial score (nSPS) is 19.7. The van der Waals surface area contributed by atoms with Crippen molar-refractivity contribution in [3.63, 3.8) is 0 Å². The van der Waals surface area contributed by atoms with Crippen LogP contribution in [0.2, 0.25) is 0 Å². The zero-order chi connectivity index (χ0) is 11.1. The van der Waals surface area contributed by atoms with Crippen molar-refractivity contribution in [1.29, 1.82) is 0 Å². The van der Waals surface area contributed by atoms with Gasteiger partial charge < -0.3 is 5.32 Å². The second-order valence-corrected chi connectivity index (χ2v) is 5.40. The minimum Gasteiger partial charge on any atom is -0.310 e. The van der Waals surface area contributed by atoms with Gasteiger partial charge in [-0.3, -0.25) is 0 Å². The Bertz CT molecular complexity index is 344. The number of hydrogen-bond donors (Lipinski definition) is 1. The summed E-state index contributed by atoms with van der Waals surface area (Å²) in [6, 6.07) is 7.91. The Labute approximate surface area is 90.7 Å². The van der Waals surface area contributed by atoms with Crippen LogP contribution in [0.25, 0.3) is 0 Å². The largest absolute Gasteiger partial charge is 0.310 e. The first kappa shape index (κ1) is 10.6. The Hall–Kier alpha value is -0.890. The average Bonchev–Trinajstić information content (AvgIpc) is 2.13. The van der Waals surface area contributed by atoms with Crippen LogP contribution in [0.5, 0.6) is 0 Å². The molecule has 2 heteroatoms. The van der Waals surface area contributed by atoms with Gasteiger partial charge >= 0.3 is 0 Å². The highest BCUT2D eigenvalue weighted by Crippen LogP contribution is 2.31. The lowest BCUT2D eigenvalue weighted by atomic mass is 9.84. The number of hydrogen-bond acceptors (Lipinski definition) is 1. The van der Waals surface area contributed by atoms with Gasteiger partial charge in [-0.2, -0.15) is 0 Å². The van der Waals surface area contributed by atoms with Gasteiger partial charge in [0.1, 0.15) is 0 Å². The fourth-order valence-corrected chi connectivity index (χ4v) is 1.82. The van der Waals surface area contributed by atoms with Crippen LogP contribution in [0, 0.1) is 0 Å². The van der Waals surface area contributed by atoms with E-state index in [9.17, 15) is 4.39 Å². The summed E-state index contributed by atoms with van der Waals surface area (Å²) in [7, 11) is 0. The zero-order valence-corrected chi connectivity index (χ0v) is 9.60. The van der Waals surface area contributed by atoms with Crippen LogP contribution in [-0.4, -0.2) is 13.1 Å². The topological polar surface area (TPSA) is 12.0 Å². The SMILES string of the molecule is CC(C)(C)c1ccc(C2(F)CNC2)cc1. The molecule has 1 aliphatic heterocycles. The van der Waals surface area contributed by atoms with Gasteiger partial charge in [0.15, 0.2) is 5.67 Å². The monoisotopic (exact) mass is 207 g/mol. The standard InChI is InChI=1S/C13H18FN/c1-12(2,3)10-4-6-11(7-5-10)13(14)8-15-9-13/h4-7,15H,8-9H2,1-3H3. The third kappa shape index (κ3) is 1.91. The van der Waals surface area contributed by atoms with Crippen molar-refractivity contribution in [1.82, 2.24) is 5.32 Å². The Morgan fingerprint density at radius 3 is 2.00 bits per heavy atom. The molecule has 0 aliphatic carbocycles. The van der Waals surface area contributed by atoms with E-state index in [0.29, 0.717) is 13.1 Å². The van der Waals surface area contributed by atoms with Gasteiger partial charge in [-0.15, -0.1) is 0 Å². The van der Waals surface area contributed by atoms with E-state index in [1.54, 1.807) is 0 Å². The minimum atomic E-state index is -1.13. The number of benzene rings is 1. The average molecular weight is 207 g/mol. The Balaban J connectivity index is 2.24. The Morgan fingerprint density at radius 2 is 1.67 bits per heavy atom. The molecular formula is C13H18FN. The van der Waals surface area contributed by atoms with E-state index >= 15 is 0 Å². The highest BCUT2D eigenvalue weighted by molar-refractivity contribution is 5.32. The first-order valence-electron chi connectivity index (χ1n) is 5.42. The molecule has 1 nitrogen and oxygen atoms in total. The molecule has 1 saturated heterocycles. The maximum Gasteiger partial charge on any atom is 0.160 e. The van der Waals surface area contributed by atoms with E-state index < -0.39 is 5.67 Å². The molecule has 0 aromatic heterocycles. The fraction of sp³-hybridized carbons (Fsp3) is 0.538. The fourth-order valence-electron chi connectivity index (χ4n) is 1.82. The third-order valence-corrected chi connectivity index (χ3v) is 3.08. The smallest absolute Gasteiger partial charge is 0.160 e.